The molecule has 0 atom stereocenters. The van der Waals surface area contributed by atoms with E-state index in [-0.39, 0.29) is 33.3 Å². The first-order chi connectivity index (χ1) is 9.58. The molecule has 1 heterocycles. The van der Waals surface area contributed by atoms with E-state index in [1.807, 2.05) is 6.07 Å². The van der Waals surface area contributed by atoms with Gasteiger partial charge in [0.1, 0.15) is 27.5 Å². The van der Waals surface area contributed by atoms with Crippen molar-refractivity contribution in [3.8, 4) is 22.8 Å². The fourth-order valence-electron chi connectivity index (χ4n) is 2.04. The van der Waals surface area contributed by atoms with Gasteiger partial charge in [0.15, 0.2) is 5.76 Å². The van der Waals surface area contributed by atoms with Crippen molar-refractivity contribution in [3.63, 3.8) is 0 Å². The first kappa shape index (κ1) is 12.6. The van der Waals surface area contributed by atoms with Crippen molar-refractivity contribution in [1.82, 2.24) is 0 Å². The summed E-state index contributed by atoms with van der Waals surface area (Å²) in [6.45, 7) is 0. The lowest BCUT2D eigenvalue weighted by molar-refractivity contribution is 0.452. The molecule has 3 rings (SSSR count). The number of hydrogen-bond donors (Lipinski definition) is 2. The topological polar surface area (TPSA) is 70.7 Å². The molecule has 0 saturated carbocycles. The molecule has 4 nitrogen and oxygen atoms in total. The van der Waals surface area contributed by atoms with Gasteiger partial charge in [0.05, 0.1) is 0 Å². The Hall–Kier alpha value is -2.46. The van der Waals surface area contributed by atoms with Gasteiger partial charge in [0.25, 0.3) is 0 Å². The van der Waals surface area contributed by atoms with Gasteiger partial charge in [-0.05, 0) is 0 Å². The molecule has 0 fully saturated rings. The molecule has 0 amide bonds. The molecule has 0 saturated heterocycles. The Morgan fingerprint density at radius 3 is 2.45 bits per heavy atom. The lowest BCUT2D eigenvalue weighted by Gasteiger charge is -2.07. The lowest BCUT2D eigenvalue weighted by atomic mass is 10.1. The summed E-state index contributed by atoms with van der Waals surface area (Å²) >= 11 is 6.04. The van der Waals surface area contributed by atoms with E-state index < -0.39 is 5.43 Å². The third-order valence-electron chi connectivity index (χ3n) is 2.94. The predicted molar refractivity (Wildman–Crippen MR) is 76.3 cm³/mol. The van der Waals surface area contributed by atoms with E-state index >= 15 is 0 Å². The molecule has 2 aromatic carbocycles. The second kappa shape index (κ2) is 4.58. The smallest absolute Gasteiger partial charge is 0.215 e. The van der Waals surface area contributed by atoms with Crippen LogP contribution in [0.25, 0.3) is 22.3 Å². The van der Waals surface area contributed by atoms with Gasteiger partial charge >= 0.3 is 0 Å². The van der Waals surface area contributed by atoms with Crippen LogP contribution in [0.2, 0.25) is 5.02 Å². The van der Waals surface area contributed by atoms with Gasteiger partial charge < -0.3 is 14.6 Å². The maximum atomic E-state index is 12.2. The number of aromatic hydroxyl groups is 2. The van der Waals surface area contributed by atoms with E-state index in [9.17, 15) is 15.0 Å². The Balaban J connectivity index is 2.42. The van der Waals surface area contributed by atoms with Crippen LogP contribution in [-0.4, -0.2) is 10.2 Å². The zero-order chi connectivity index (χ0) is 14.3. The van der Waals surface area contributed by atoms with Gasteiger partial charge in [-0.3, -0.25) is 4.79 Å². The fourth-order valence-corrected chi connectivity index (χ4v) is 2.28. The summed E-state index contributed by atoms with van der Waals surface area (Å²) in [6.07, 6.45) is 0. The van der Waals surface area contributed by atoms with E-state index in [1.54, 1.807) is 24.3 Å². The SMILES string of the molecule is O=c1c(Cl)c(-c2ccccc2)oc2cc(O)cc(O)c12. The Morgan fingerprint density at radius 2 is 1.75 bits per heavy atom. The van der Waals surface area contributed by atoms with Crippen molar-refractivity contribution >= 4 is 22.6 Å². The third-order valence-corrected chi connectivity index (χ3v) is 3.28. The van der Waals surface area contributed by atoms with Crippen molar-refractivity contribution in [2.24, 2.45) is 0 Å². The molecule has 0 unspecified atom stereocenters. The molecule has 20 heavy (non-hydrogen) atoms. The zero-order valence-electron chi connectivity index (χ0n) is 10.1. The molecular weight excluding hydrogens is 280 g/mol. The Labute approximate surface area is 118 Å². The molecule has 100 valence electrons. The van der Waals surface area contributed by atoms with Gasteiger partial charge in [-0.1, -0.05) is 41.9 Å². The highest BCUT2D eigenvalue weighted by Gasteiger charge is 2.17. The van der Waals surface area contributed by atoms with Crippen LogP contribution in [0.3, 0.4) is 0 Å². The number of halogens is 1. The minimum absolute atomic E-state index is 0.0486. The first-order valence-electron chi connectivity index (χ1n) is 5.81. The second-order valence-corrected chi connectivity index (χ2v) is 4.66. The standard InChI is InChI=1S/C15H9ClO4/c16-13-14(19)12-10(18)6-9(17)7-11(12)20-15(13)8-4-2-1-3-5-8/h1-7,17-18H. The monoisotopic (exact) mass is 288 g/mol. The first-order valence-corrected chi connectivity index (χ1v) is 6.19. The number of rotatable bonds is 1. The number of phenols is 2. The van der Waals surface area contributed by atoms with Crippen molar-refractivity contribution < 1.29 is 14.6 Å². The van der Waals surface area contributed by atoms with Gasteiger partial charge in [0.2, 0.25) is 5.43 Å². The van der Waals surface area contributed by atoms with Crippen molar-refractivity contribution in [2.75, 3.05) is 0 Å². The van der Waals surface area contributed by atoms with Crippen LogP contribution < -0.4 is 5.43 Å². The van der Waals surface area contributed by atoms with Gasteiger partial charge in [-0.25, -0.2) is 0 Å². The van der Waals surface area contributed by atoms with Crippen LogP contribution in [0.1, 0.15) is 0 Å². The Kier molecular flexibility index (Phi) is 2.88. The molecule has 0 radical (unpaired) electrons. The molecule has 1 aromatic heterocycles. The molecular formula is C15H9ClO4. The average Bonchev–Trinajstić information content (AvgIpc) is 2.43. The summed E-state index contributed by atoms with van der Waals surface area (Å²) in [5.74, 6) is -0.357. The van der Waals surface area contributed by atoms with Crippen LogP contribution in [-0.2, 0) is 0 Å². The maximum Gasteiger partial charge on any atom is 0.215 e. The van der Waals surface area contributed by atoms with E-state index in [1.165, 1.54) is 6.07 Å². The number of fused-ring (bicyclic) bond motifs is 1. The summed E-state index contributed by atoms with van der Waals surface area (Å²) in [5.41, 5.74) is 0.180. The van der Waals surface area contributed by atoms with Crippen LogP contribution >= 0.6 is 11.6 Å². The molecule has 5 heteroatoms. The summed E-state index contributed by atoms with van der Waals surface area (Å²) < 4.78 is 5.57. The summed E-state index contributed by atoms with van der Waals surface area (Å²) in [5, 5.41) is 19.1. The molecule has 0 spiro atoms. The third kappa shape index (κ3) is 1.90. The quantitative estimate of drug-likeness (QED) is 0.718. The number of phenolic OH excluding ortho intramolecular Hbond substituents is 2. The maximum absolute atomic E-state index is 12.2. The van der Waals surface area contributed by atoms with Crippen molar-refractivity contribution in [1.29, 1.82) is 0 Å². The summed E-state index contributed by atoms with van der Waals surface area (Å²) in [6, 6.07) is 11.2. The van der Waals surface area contributed by atoms with Crippen LogP contribution in [0, 0.1) is 0 Å². The lowest BCUT2D eigenvalue weighted by Crippen LogP contribution is -2.04. The highest BCUT2D eigenvalue weighted by atomic mass is 35.5. The minimum atomic E-state index is -0.538. The van der Waals surface area contributed by atoms with Crippen molar-refractivity contribution in [3.05, 3.63) is 57.7 Å². The molecule has 0 aliphatic heterocycles. The molecule has 3 aromatic rings. The number of hydrogen-bond acceptors (Lipinski definition) is 4. The largest absolute Gasteiger partial charge is 0.508 e. The normalized spacial score (nSPS) is 10.8. The summed E-state index contributed by atoms with van der Waals surface area (Å²) in [7, 11) is 0. The molecule has 0 aliphatic carbocycles. The van der Waals surface area contributed by atoms with E-state index in [0.29, 0.717) is 5.56 Å². The minimum Gasteiger partial charge on any atom is -0.508 e. The van der Waals surface area contributed by atoms with E-state index in [4.69, 9.17) is 16.0 Å². The average molecular weight is 289 g/mol. The van der Waals surface area contributed by atoms with E-state index in [2.05, 4.69) is 0 Å². The second-order valence-electron chi connectivity index (χ2n) is 4.28. The summed E-state index contributed by atoms with van der Waals surface area (Å²) in [4.78, 5) is 12.2. The fraction of sp³-hybridized carbons (Fsp3) is 0. The highest BCUT2D eigenvalue weighted by molar-refractivity contribution is 6.33. The van der Waals surface area contributed by atoms with Crippen LogP contribution in [0.4, 0.5) is 0 Å². The highest BCUT2D eigenvalue weighted by Crippen LogP contribution is 2.33. The predicted octanol–water partition coefficient (Wildman–Crippen LogP) is 3.52. The Bertz CT molecular complexity index is 853. The van der Waals surface area contributed by atoms with Gasteiger partial charge in [-0.2, -0.15) is 0 Å². The van der Waals surface area contributed by atoms with Crippen LogP contribution in [0.15, 0.2) is 51.7 Å². The molecule has 0 bridgehead atoms. The van der Waals surface area contributed by atoms with E-state index in [0.717, 1.165) is 6.07 Å². The van der Waals surface area contributed by atoms with Gasteiger partial charge in [-0.15, -0.1) is 0 Å². The molecule has 0 aliphatic rings. The van der Waals surface area contributed by atoms with Crippen molar-refractivity contribution in [2.45, 2.75) is 0 Å². The zero-order valence-corrected chi connectivity index (χ0v) is 10.9. The van der Waals surface area contributed by atoms with Gasteiger partial charge in [0, 0.05) is 17.7 Å². The van der Waals surface area contributed by atoms with Crippen LogP contribution in [0.5, 0.6) is 11.5 Å². The Morgan fingerprint density at radius 1 is 1.05 bits per heavy atom. The molecule has 2 N–H and O–H groups in total. The number of benzene rings is 2.